The molecule has 1 saturated heterocycles. The van der Waals surface area contributed by atoms with E-state index in [0.29, 0.717) is 31.1 Å². The van der Waals surface area contributed by atoms with Crippen LogP contribution in [-0.2, 0) is 12.0 Å². The Kier molecular flexibility index (Phi) is 3.31. The molecule has 5 nitrogen and oxygen atoms in total. The van der Waals surface area contributed by atoms with E-state index >= 15 is 0 Å². The van der Waals surface area contributed by atoms with E-state index in [9.17, 15) is 5.11 Å². The van der Waals surface area contributed by atoms with E-state index in [2.05, 4.69) is 47.5 Å². The van der Waals surface area contributed by atoms with E-state index in [-0.39, 0.29) is 0 Å². The van der Waals surface area contributed by atoms with Gasteiger partial charge in [-0.3, -0.25) is 0 Å². The maximum Gasteiger partial charge on any atom is 0.259 e. The minimum Gasteiger partial charge on any atom is -0.379 e. The van der Waals surface area contributed by atoms with Gasteiger partial charge in [-0.15, -0.1) is 0 Å². The van der Waals surface area contributed by atoms with Gasteiger partial charge in [0.05, 0.1) is 0 Å². The van der Waals surface area contributed by atoms with Crippen LogP contribution in [-0.4, -0.2) is 28.3 Å². The summed E-state index contributed by atoms with van der Waals surface area (Å²) >= 11 is 0. The average Bonchev–Trinajstić information content (AvgIpc) is 2.98. The molecule has 1 aromatic carbocycles. The lowest BCUT2D eigenvalue weighted by Crippen LogP contribution is -2.28. The van der Waals surface area contributed by atoms with Crippen LogP contribution in [0.5, 0.6) is 0 Å². The molecule has 0 spiro atoms. The van der Waals surface area contributed by atoms with Gasteiger partial charge in [-0.1, -0.05) is 34.5 Å². The van der Waals surface area contributed by atoms with Gasteiger partial charge < -0.3 is 14.9 Å². The number of β-amino-alcohol motifs (C(OH)–C–C–N with tert-alkyl or cyclic N) is 1. The van der Waals surface area contributed by atoms with Crippen molar-refractivity contribution in [3.8, 4) is 0 Å². The molecule has 2 heterocycles. The molecular weight excluding hydrogens is 254 g/mol. The molecule has 1 atom stereocenters. The lowest BCUT2D eigenvalue weighted by Gasteiger charge is -2.14. The zero-order valence-corrected chi connectivity index (χ0v) is 11.8. The summed E-state index contributed by atoms with van der Waals surface area (Å²) in [6.07, 6.45) is 1.23. The Labute approximate surface area is 118 Å². The first-order valence-corrected chi connectivity index (χ1v) is 6.88. The number of rotatable bonds is 3. The Morgan fingerprint density at radius 3 is 2.70 bits per heavy atom. The van der Waals surface area contributed by atoms with Crippen molar-refractivity contribution in [2.45, 2.75) is 32.3 Å². The number of nitrogens with zero attached hydrogens (tertiary/aromatic N) is 2. The monoisotopic (exact) mass is 273 g/mol. The normalized spacial score (nSPS) is 22.4. The van der Waals surface area contributed by atoms with Gasteiger partial charge in [-0.2, -0.15) is 4.98 Å². The maximum absolute atomic E-state index is 10.4. The smallest absolute Gasteiger partial charge is 0.259 e. The Hall–Kier alpha value is -1.72. The second-order valence-corrected chi connectivity index (χ2v) is 5.65. The molecule has 2 aromatic rings. The minimum atomic E-state index is -1.01. The molecule has 1 unspecified atom stereocenters. The molecule has 1 aliphatic rings. The van der Waals surface area contributed by atoms with Gasteiger partial charge in [0.25, 0.3) is 5.89 Å². The number of aliphatic hydroxyl groups is 1. The van der Waals surface area contributed by atoms with Crippen molar-refractivity contribution in [3.63, 3.8) is 0 Å². The van der Waals surface area contributed by atoms with Crippen molar-refractivity contribution in [1.29, 1.82) is 0 Å². The number of nitrogens with one attached hydrogen (secondary N) is 1. The van der Waals surface area contributed by atoms with Crippen LogP contribution in [0.4, 0.5) is 0 Å². The first-order valence-electron chi connectivity index (χ1n) is 6.88. The second-order valence-electron chi connectivity index (χ2n) is 5.65. The fourth-order valence-electron chi connectivity index (χ4n) is 2.73. The van der Waals surface area contributed by atoms with Crippen LogP contribution >= 0.6 is 0 Å². The van der Waals surface area contributed by atoms with E-state index in [0.717, 1.165) is 12.1 Å². The number of aromatic nitrogens is 2. The topological polar surface area (TPSA) is 71.2 Å². The molecule has 106 valence electrons. The first kappa shape index (κ1) is 13.3. The predicted octanol–water partition coefficient (Wildman–Crippen LogP) is 1.46. The van der Waals surface area contributed by atoms with E-state index in [1.807, 2.05) is 0 Å². The number of hydrogen-bond acceptors (Lipinski definition) is 5. The third-order valence-corrected chi connectivity index (χ3v) is 3.64. The van der Waals surface area contributed by atoms with Crippen molar-refractivity contribution < 1.29 is 9.63 Å². The highest BCUT2D eigenvalue weighted by atomic mass is 16.5. The van der Waals surface area contributed by atoms with Crippen LogP contribution < -0.4 is 5.32 Å². The van der Waals surface area contributed by atoms with E-state index in [4.69, 9.17) is 4.52 Å². The summed E-state index contributed by atoms with van der Waals surface area (Å²) in [5.74, 6) is 0.937. The summed E-state index contributed by atoms with van der Waals surface area (Å²) in [4.78, 5) is 4.35. The van der Waals surface area contributed by atoms with Crippen molar-refractivity contribution in [2.75, 3.05) is 13.1 Å². The lowest BCUT2D eigenvalue weighted by atomic mass is 10.0. The number of benzene rings is 1. The summed E-state index contributed by atoms with van der Waals surface area (Å²) < 4.78 is 5.23. The summed E-state index contributed by atoms with van der Waals surface area (Å²) in [5.41, 5.74) is 2.60. The first-order chi connectivity index (χ1) is 9.55. The molecule has 5 heteroatoms. The molecule has 0 aliphatic carbocycles. The van der Waals surface area contributed by atoms with Gasteiger partial charge in [0.15, 0.2) is 11.4 Å². The van der Waals surface area contributed by atoms with E-state index in [1.165, 1.54) is 11.1 Å². The highest BCUT2D eigenvalue weighted by molar-refractivity contribution is 5.30. The summed E-state index contributed by atoms with van der Waals surface area (Å²) in [5, 5.41) is 17.5. The SMILES string of the molecule is Cc1cc(C)cc(Cc2noc(C3(O)CCNC3)n2)c1. The van der Waals surface area contributed by atoms with Crippen molar-refractivity contribution in [3.05, 3.63) is 46.6 Å². The van der Waals surface area contributed by atoms with Gasteiger partial charge in [0.2, 0.25) is 0 Å². The van der Waals surface area contributed by atoms with E-state index in [1.54, 1.807) is 0 Å². The molecule has 0 radical (unpaired) electrons. The molecule has 1 aromatic heterocycles. The van der Waals surface area contributed by atoms with Crippen LogP contribution in [0.2, 0.25) is 0 Å². The Balaban J connectivity index is 1.80. The molecule has 20 heavy (non-hydrogen) atoms. The molecule has 0 amide bonds. The predicted molar refractivity (Wildman–Crippen MR) is 74.4 cm³/mol. The van der Waals surface area contributed by atoms with Gasteiger partial charge in [-0.05, 0) is 32.4 Å². The third kappa shape index (κ3) is 2.59. The highest BCUT2D eigenvalue weighted by Crippen LogP contribution is 2.26. The van der Waals surface area contributed by atoms with Crippen LogP contribution in [0.1, 0.15) is 34.8 Å². The van der Waals surface area contributed by atoms with Crippen LogP contribution in [0.25, 0.3) is 0 Å². The standard InChI is InChI=1S/C15H19N3O2/c1-10-5-11(2)7-12(6-10)8-13-17-14(20-18-13)15(19)3-4-16-9-15/h5-7,16,19H,3-4,8-9H2,1-2H3. The highest BCUT2D eigenvalue weighted by Gasteiger charge is 2.38. The van der Waals surface area contributed by atoms with Crippen LogP contribution in [0.3, 0.4) is 0 Å². The summed E-state index contributed by atoms with van der Waals surface area (Å²) in [6.45, 7) is 5.39. The fraction of sp³-hybridized carbons (Fsp3) is 0.467. The van der Waals surface area contributed by atoms with Gasteiger partial charge in [0, 0.05) is 13.0 Å². The zero-order valence-electron chi connectivity index (χ0n) is 11.8. The van der Waals surface area contributed by atoms with E-state index < -0.39 is 5.60 Å². The maximum atomic E-state index is 10.4. The average molecular weight is 273 g/mol. The van der Waals surface area contributed by atoms with Crippen molar-refractivity contribution >= 4 is 0 Å². The fourth-order valence-corrected chi connectivity index (χ4v) is 2.73. The van der Waals surface area contributed by atoms with Crippen LogP contribution in [0.15, 0.2) is 22.7 Å². The quantitative estimate of drug-likeness (QED) is 0.886. The largest absolute Gasteiger partial charge is 0.379 e. The molecule has 0 saturated carbocycles. The van der Waals surface area contributed by atoms with Crippen molar-refractivity contribution in [1.82, 2.24) is 15.5 Å². The summed E-state index contributed by atoms with van der Waals surface area (Å²) in [7, 11) is 0. The molecule has 1 aliphatic heterocycles. The number of hydrogen-bond donors (Lipinski definition) is 2. The molecular formula is C15H19N3O2. The molecule has 3 rings (SSSR count). The van der Waals surface area contributed by atoms with Gasteiger partial charge >= 0.3 is 0 Å². The summed E-state index contributed by atoms with van der Waals surface area (Å²) in [6, 6.07) is 6.38. The molecule has 1 fully saturated rings. The zero-order chi connectivity index (χ0) is 14.2. The van der Waals surface area contributed by atoms with Gasteiger partial charge in [-0.25, -0.2) is 0 Å². The molecule has 0 bridgehead atoms. The minimum absolute atomic E-state index is 0.321. The van der Waals surface area contributed by atoms with Crippen molar-refractivity contribution in [2.24, 2.45) is 0 Å². The van der Waals surface area contributed by atoms with Gasteiger partial charge in [0.1, 0.15) is 0 Å². The lowest BCUT2D eigenvalue weighted by molar-refractivity contribution is 0.0243. The third-order valence-electron chi connectivity index (χ3n) is 3.64. The Morgan fingerprint density at radius 1 is 1.30 bits per heavy atom. The number of aryl methyl sites for hydroxylation is 2. The second kappa shape index (κ2) is 5.00. The Bertz CT molecular complexity index is 595. The molecule has 2 N–H and O–H groups in total. The Morgan fingerprint density at radius 2 is 2.05 bits per heavy atom. The van der Waals surface area contributed by atoms with Crippen LogP contribution in [0, 0.1) is 13.8 Å².